The summed E-state index contributed by atoms with van der Waals surface area (Å²) in [6, 6.07) is 4.97. The summed E-state index contributed by atoms with van der Waals surface area (Å²) in [5.41, 5.74) is 2.85. The topological polar surface area (TPSA) is 92.3 Å². The Morgan fingerprint density at radius 2 is 1.77 bits per heavy atom. The number of alkyl halides is 3. The summed E-state index contributed by atoms with van der Waals surface area (Å²) in [7, 11) is -3.34. The Morgan fingerprint density at radius 3 is 2.33 bits per heavy atom. The Labute approximate surface area is 255 Å². The van der Waals surface area contributed by atoms with Crippen LogP contribution in [0.15, 0.2) is 35.5 Å². The zero-order chi connectivity index (χ0) is 27.7. The van der Waals surface area contributed by atoms with E-state index in [1.54, 1.807) is 19.2 Å². The highest BCUT2D eigenvalue weighted by atomic mass is 79.9. The molecule has 2 aliphatic rings. The van der Waals surface area contributed by atoms with Crippen LogP contribution in [0.2, 0.25) is 0 Å². The van der Waals surface area contributed by atoms with Crippen molar-refractivity contribution in [2.75, 3.05) is 12.3 Å². The lowest BCUT2D eigenvalue weighted by atomic mass is 9.81. The van der Waals surface area contributed by atoms with Crippen molar-refractivity contribution < 1.29 is 26.4 Å². The van der Waals surface area contributed by atoms with Gasteiger partial charge in [-0.2, -0.15) is 13.2 Å². The van der Waals surface area contributed by atoms with Crippen LogP contribution in [0.5, 0.6) is 0 Å². The molecule has 0 aromatic carbocycles. The molecule has 224 valence electrons. The molecule has 1 fully saturated rings. The molecule has 7 nitrogen and oxygen atoms in total. The summed E-state index contributed by atoms with van der Waals surface area (Å²) < 4.78 is 63.1. The number of hydrogen-bond donors (Lipinski definition) is 1. The van der Waals surface area contributed by atoms with E-state index in [9.17, 15) is 26.4 Å². The van der Waals surface area contributed by atoms with Crippen LogP contribution in [0.1, 0.15) is 79.8 Å². The van der Waals surface area contributed by atoms with Gasteiger partial charge in [0, 0.05) is 25.5 Å². The highest BCUT2D eigenvalue weighted by Gasteiger charge is 2.42. The van der Waals surface area contributed by atoms with Gasteiger partial charge in [0.1, 0.15) is 0 Å². The predicted molar refractivity (Wildman–Crippen MR) is 158 cm³/mol. The summed E-state index contributed by atoms with van der Waals surface area (Å²) >= 11 is 0. The number of carbonyl (C=O) groups excluding carboxylic acids is 1. The lowest BCUT2D eigenvalue weighted by Gasteiger charge is -2.35. The smallest absolute Gasteiger partial charge is 0.346 e. The van der Waals surface area contributed by atoms with Gasteiger partial charge in [0.15, 0.2) is 9.84 Å². The highest BCUT2D eigenvalue weighted by Crippen LogP contribution is 2.43. The van der Waals surface area contributed by atoms with Gasteiger partial charge in [0.2, 0.25) is 0 Å². The van der Waals surface area contributed by atoms with Crippen LogP contribution >= 0.6 is 34.0 Å². The van der Waals surface area contributed by atoms with Crippen LogP contribution in [0.3, 0.4) is 0 Å². The molecule has 2 aromatic rings. The highest BCUT2D eigenvalue weighted by molar-refractivity contribution is 8.93. The van der Waals surface area contributed by atoms with Crippen molar-refractivity contribution in [2.24, 2.45) is 17.8 Å². The predicted octanol–water partition coefficient (Wildman–Crippen LogP) is 6.24. The van der Waals surface area contributed by atoms with Crippen LogP contribution in [-0.4, -0.2) is 47.7 Å². The van der Waals surface area contributed by atoms with Gasteiger partial charge in [-0.3, -0.25) is 19.7 Å². The van der Waals surface area contributed by atoms with E-state index in [0.717, 1.165) is 17.8 Å². The lowest BCUT2D eigenvalue weighted by Crippen LogP contribution is -2.35. The molecule has 1 amide bonds. The molecule has 1 N–H and O–H groups in total. The second-order valence-electron chi connectivity index (χ2n) is 10.7. The zero-order valence-corrected chi connectivity index (χ0v) is 27.0. The van der Waals surface area contributed by atoms with Crippen LogP contribution in [0.4, 0.5) is 13.2 Å². The monoisotopic (exact) mass is 712 g/mol. The molecule has 0 saturated heterocycles. The first-order valence-corrected chi connectivity index (χ1v) is 14.8. The quantitative estimate of drug-likeness (QED) is 0.349. The fraction of sp³-hybridized carbons (Fsp3) is 0.593. The van der Waals surface area contributed by atoms with Crippen LogP contribution < -0.4 is 5.32 Å². The van der Waals surface area contributed by atoms with E-state index in [1.807, 2.05) is 6.07 Å². The van der Waals surface area contributed by atoms with Crippen LogP contribution in [0, 0.1) is 17.8 Å². The second-order valence-corrected chi connectivity index (χ2v) is 13.0. The van der Waals surface area contributed by atoms with Gasteiger partial charge in [0.25, 0.3) is 5.91 Å². The SMILES string of the molecule is Br.Br.CCS(=O)(=O)c1ccc(CNC(=O)c2cnc3c(c2)CN(CC2CCC(C(F)(F)F)CC2)[C@H]3C(C)C)nc1. The number of nitrogens with one attached hydrogen (secondary N) is 1. The summed E-state index contributed by atoms with van der Waals surface area (Å²) in [6.45, 7) is 7.27. The maximum atomic E-state index is 13.1. The van der Waals surface area contributed by atoms with Gasteiger partial charge in [-0.25, -0.2) is 8.42 Å². The van der Waals surface area contributed by atoms with Crippen molar-refractivity contribution in [3.8, 4) is 0 Å². The summed E-state index contributed by atoms with van der Waals surface area (Å²) in [6.07, 6.45) is 0.279. The molecule has 0 bridgehead atoms. The summed E-state index contributed by atoms with van der Waals surface area (Å²) in [4.78, 5) is 24.1. The van der Waals surface area contributed by atoms with E-state index >= 15 is 0 Å². The van der Waals surface area contributed by atoms with Gasteiger partial charge in [-0.1, -0.05) is 20.8 Å². The van der Waals surface area contributed by atoms with Crippen molar-refractivity contribution in [3.63, 3.8) is 0 Å². The van der Waals surface area contributed by atoms with Gasteiger partial charge >= 0.3 is 6.18 Å². The molecule has 1 atom stereocenters. The van der Waals surface area contributed by atoms with E-state index in [-0.39, 0.29) is 87.8 Å². The van der Waals surface area contributed by atoms with Gasteiger partial charge in [-0.15, -0.1) is 34.0 Å². The van der Waals surface area contributed by atoms with Crippen LogP contribution in [0.25, 0.3) is 0 Å². The largest absolute Gasteiger partial charge is 0.391 e. The molecule has 2 aromatic heterocycles. The molecule has 4 rings (SSSR count). The number of pyridine rings is 2. The Morgan fingerprint density at radius 1 is 1.10 bits per heavy atom. The normalized spacial score (nSPS) is 21.3. The molecule has 1 aliphatic carbocycles. The maximum absolute atomic E-state index is 13.1. The molecule has 0 spiro atoms. The number of sulfone groups is 1. The number of aromatic nitrogens is 2. The second kappa shape index (κ2) is 14.1. The maximum Gasteiger partial charge on any atom is 0.391 e. The summed E-state index contributed by atoms with van der Waals surface area (Å²) in [5, 5.41) is 2.81. The van der Waals surface area contributed by atoms with E-state index < -0.39 is 21.9 Å². The fourth-order valence-electron chi connectivity index (χ4n) is 5.59. The van der Waals surface area contributed by atoms with Crippen molar-refractivity contribution in [1.29, 1.82) is 0 Å². The fourth-order valence-corrected chi connectivity index (χ4v) is 6.41. The number of nitrogens with zero attached hydrogens (tertiary/aromatic N) is 3. The Balaban J connectivity index is 0.00000280. The average molecular weight is 714 g/mol. The molecule has 3 heterocycles. The van der Waals surface area contributed by atoms with E-state index in [0.29, 0.717) is 30.6 Å². The number of hydrogen-bond acceptors (Lipinski definition) is 6. The number of carbonyl (C=O) groups is 1. The lowest BCUT2D eigenvalue weighted by molar-refractivity contribution is -0.184. The van der Waals surface area contributed by atoms with E-state index in [1.165, 1.54) is 12.3 Å². The Hall–Kier alpha value is -1.57. The molecular formula is C27H37Br2F3N4O3S. The van der Waals surface area contributed by atoms with Crippen molar-refractivity contribution >= 4 is 49.7 Å². The number of fused-ring (bicyclic) bond motifs is 1. The van der Waals surface area contributed by atoms with Crippen molar-refractivity contribution in [3.05, 3.63) is 53.1 Å². The standard InChI is InChI=1S/C27H35F3N4O3S.2BrH/c1-4-38(36,37)23-10-9-22(31-14-23)13-33-26(35)19-11-20-16-34(25(17(2)3)24(20)32-12-19)15-18-5-7-21(8-6-18)27(28,29)30;;/h9-12,14,17-18,21,25H,4-8,13,15-16H2,1-3H3,(H,33,35);2*1H/t18?,21?,25-;;/m0../s1. The third-order valence-corrected chi connectivity index (χ3v) is 9.43. The van der Waals surface area contributed by atoms with Crippen molar-refractivity contribution in [2.45, 2.75) is 76.7 Å². The zero-order valence-electron chi connectivity index (χ0n) is 22.8. The van der Waals surface area contributed by atoms with Crippen LogP contribution in [-0.2, 0) is 22.9 Å². The van der Waals surface area contributed by atoms with Gasteiger partial charge in [0.05, 0.1) is 46.1 Å². The Kier molecular flexibility index (Phi) is 12.2. The third-order valence-electron chi connectivity index (χ3n) is 7.71. The first kappa shape index (κ1) is 34.6. The van der Waals surface area contributed by atoms with E-state index in [4.69, 9.17) is 0 Å². The minimum atomic E-state index is -4.11. The van der Waals surface area contributed by atoms with Crippen molar-refractivity contribution in [1.82, 2.24) is 20.2 Å². The number of amides is 1. The minimum Gasteiger partial charge on any atom is -0.346 e. The molecule has 1 saturated carbocycles. The molecule has 0 radical (unpaired) electrons. The van der Waals surface area contributed by atoms with Gasteiger partial charge in [-0.05, 0) is 61.3 Å². The molecule has 40 heavy (non-hydrogen) atoms. The molecular weight excluding hydrogens is 677 g/mol. The number of rotatable bonds is 8. The van der Waals surface area contributed by atoms with Gasteiger partial charge < -0.3 is 5.32 Å². The third kappa shape index (κ3) is 8.04. The molecule has 1 aliphatic heterocycles. The minimum absolute atomic E-state index is 0. The van der Waals surface area contributed by atoms with E-state index in [2.05, 4.69) is 34.0 Å². The molecule has 0 unspecified atom stereocenters. The first-order chi connectivity index (χ1) is 17.9. The Bertz CT molecular complexity index is 1250. The number of halogens is 5. The molecule has 13 heteroatoms. The summed E-state index contributed by atoms with van der Waals surface area (Å²) in [5.74, 6) is -1.02. The first-order valence-electron chi connectivity index (χ1n) is 13.1. The average Bonchev–Trinajstić information content (AvgIpc) is 3.24.